The second-order valence-corrected chi connectivity index (χ2v) is 5.45. The molecule has 0 spiro atoms. The fourth-order valence-corrected chi connectivity index (χ4v) is 2.51. The molecule has 7 nitrogen and oxygen atoms in total. The van der Waals surface area contributed by atoms with Gasteiger partial charge in [0.25, 0.3) is 0 Å². The number of thiazole rings is 1. The molecule has 0 saturated heterocycles. The van der Waals surface area contributed by atoms with Gasteiger partial charge in [0.1, 0.15) is 6.04 Å². The summed E-state index contributed by atoms with van der Waals surface area (Å²) in [5.74, 6) is -1.44. The molecule has 0 aliphatic heterocycles. The van der Waals surface area contributed by atoms with Gasteiger partial charge >= 0.3 is 5.97 Å². The van der Waals surface area contributed by atoms with E-state index in [1.54, 1.807) is 11.6 Å². The van der Waals surface area contributed by atoms with E-state index in [-0.39, 0.29) is 0 Å². The Morgan fingerprint density at radius 3 is 2.75 bits per heavy atom. The van der Waals surface area contributed by atoms with Crippen molar-refractivity contribution in [3.8, 4) is 0 Å². The van der Waals surface area contributed by atoms with Crippen LogP contribution in [0.4, 0.5) is 0 Å². The zero-order chi connectivity index (χ0) is 15.1. The number of hydrogen-bond acceptors (Lipinski definition) is 6. The third kappa shape index (κ3) is 4.55. The molecule has 2 atom stereocenters. The van der Waals surface area contributed by atoms with Gasteiger partial charge in [0.2, 0.25) is 5.91 Å². The van der Waals surface area contributed by atoms with Crippen molar-refractivity contribution in [1.29, 1.82) is 0 Å². The molecule has 0 aliphatic carbocycles. The maximum Gasteiger partial charge on any atom is 0.326 e. The molecule has 112 valence electrons. The van der Waals surface area contributed by atoms with Crippen molar-refractivity contribution in [3.05, 3.63) is 16.6 Å². The van der Waals surface area contributed by atoms with Crippen molar-refractivity contribution < 1.29 is 14.7 Å². The van der Waals surface area contributed by atoms with E-state index in [0.29, 0.717) is 25.8 Å². The summed E-state index contributed by atoms with van der Waals surface area (Å²) < 4.78 is 0. The van der Waals surface area contributed by atoms with E-state index in [4.69, 9.17) is 11.5 Å². The number of rotatable bonds is 8. The molecule has 5 N–H and O–H groups in total. The second kappa shape index (κ2) is 7.93. The molecule has 1 amide bonds. The molecule has 0 fully saturated rings. The molecule has 1 heterocycles. The fourth-order valence-electron chi connectivity index (χ4n) is 1.84. The van der Waals surface area contributed by atoms with Gasteiger partial charge in [-0.1, -0.05) is 0 Å². The zero-order valence-corrected chi connectivity index (χ0v) is 12.2. The lowest BCUT2D eigenvalue weighted by Crippen LogP contribution is -2.50. The molecule has 0 aromatic carbocycles. The number of amides is 1. The van der Waals surface area contributed by atoms with E-state index < -0.39 is 24.0 Å². The summed E-state index contributed by atoms with van der Waals surface area (Å²) in [6, 6.07) is -1.68. The van der Waals surface area contributed by atoms with Gasteiger partial charge in [0, 0.05) is 25.0 Å². The first kappa shape index (κ1) is 16.5. The third-order valence-corrected chi connectivity index (χ3v) is 3.78. The van der Waals surface area contributed by atoms with Gasteiger partial charge in [-0.3, -0.25) is 4.79 Å². The number of aliphatic carboxylic acids is 1. The Morgan fingerprint density at radius 2 is 2.25 bits per heavy atom. The quantitative estimate of drug-likeness (QED) is 0.604. The van der Waals surface area contributed by atoms with Crippen molar-refractivity contribution in [1.82, 2.24) is 9.88 Å². The van der Waals surface area contributed by atoms with Gasteiger partial charge in [-0.25, -0.2) is 9.78 Å². The van der Waals surface area contributed by atoms with Gasteiger partial charge in [0.05, 0.1) is 11.0 Å². The largest absolute Gasteiger partial charge is 0.480 e. The van der Waals surface area contributed by atoms with Crippen LogP contribution < -0.4 is 11.5 Å². The van der Waals surface area contributed by atoms with Crippen molar-refractivity contribution in [2.75, 3.05) is 13.6 Å². The fraction of sp³-hybridized carbons (Fsp3) is 0.583. The van der Waals surface area contributed by atoms with Crippen LogP contribution in [0.3, 0.4) is 0 Å². The van der Waals surface area contributed by atoms with Gasteiger partial charge in [-0.15, -0.1) is 11.3 Å². The Labute approximate surface area is 121 Å². The number of nitrogens with zero attached hydrogens (tertiary/aromatic N) is 2. The molecule has 0 saturated carbocycles. The molecule has 1 aromatic heterocycles. The first-order valence-electron chi connectivity index (χ1n) is 6.30. The Bertz CT molecular complexity index is 438. The summed E-state index contributed by atoms with van der Waals surface area (Å²) in [5.41, 5.74) is 11.2. The molecule has 8 heteroatoms. The standard InChI is InChI=1S/C12H20N4O3S/c1-16(9(12(18)19)3-2-4-13)11(17)8(14)7-10-15-5-6-20-10/h5-6,8-9H,2-4,7,13-14H2,1H3,(H,18,19)/t8-,9-/m0/s1. The molecule has 20 heavy (non-hydrogen) atoms. The maximum atomic E-state index is 12.2. The van der Waals surface area contributed by atoms with Crippen LogP contribution in [0.5, 0.6) is 0 Å². The van der Waals surface area contributed by atoms with Crippen LogP contribution in [0.1, 0.15) is 17.8 Å². The van der Waals surface area contributed by atoms with Crippen molar-refractivity contribution in [3.63, 3.8) is 0 Å². The summed E-state index contributed by atoms with van der Waals surface area (Å²) >= 11 is 1.41. The Morgan fingerprint density at radius 1 is 1.55 bits per heavy atom. The predicted molar refractivity (Wildman–Crippen MR) is 76.3 cm³/mol. The lowest BCUT2D eigenvalue weighted by atomic mass is 10.1. The SMILES string of the molecule is CN(C(=O)[C@@H](N)Cc1nccs1)[C@@H](CCCN)C(=O)O. The van der Waals surface area contributed by atoms with Crippen LogP contribution in [0, 0.1) is 0 Å². The van der Waals surface area contributed by atoms with E-state index in [1.807, 2.05) is 0 Å². The van der Waals surface area contributed by atoms with Crippen molar-refractivity contribution in [2.45, 2.75) is 31.3 Å². The lowest BCUT2D eigenvalue weighted by Gasteiger charge is -2.27. The number of nitrogens with two attached hydrogens (primary N) is 2. The zero-order valence-electron chi connectivity index (χ0n) is 11.4. The maximum absolute atomic E-state index is 12.2. The van der Waals surface area contributed by atoms with Gasteiger partial charge in [0.15, 0.2) is 0 Å². The summed E-state index contributed by atoms with van der Waals surface area (Å²) in [4.78, 5) is 28.6. The highest BCUT2D eigenvalue weighted by molar-refractivity contribution is 7.09. The number of likely N-dealkylation sites (N-methyl/N-ethyl adjacent to an activating group) is 1. The number of hydrogen-bond donors (Lipinski definition) is 3. The van der Waals surface area contributed by atoms with Crippen LogP contribution in [-0.2, 0) is 16.0 Å². The highest BCUT2D eigenvalue weighted by Crippen LogP contribution is 2.11. The van der Waals surface area contributed by atoms with Gasteiger partial charge in [-0.05, 0) is 19.4 Å². The van der Waals surface area contributed by atoms with E-state index in [0.717, 1.165) is 5.01 Å². The molecule has 1 aromatic rings. The molecule has 0 radical (unpaired) electrons. The van der Waals surface area contributed by atoms with Crippen molar-refractivity contribution >= 4 is 23.2 Å². The number of aromatic nitrogens is 1. The van der Waals surface area contributed by atoms with Gasteiger partial charge < -0.3 is 21.5 Å². The minimum atomic E-state index is -1.05. The van der Waals surface area contributed by atoms with Crippen LogP contribution in [0.15, 0.2) is 11.6 Å². The molecule has 0 unspecified atom stereocenters. The number of carboxylic acid groups (broad SMARTS) is 1. The minimum absolute atomic E-state index is 0.310. The highest BCUT2D eigenvalue weighted by Gasteiger charge is 2.29. The Kier molecular flexibility index (Phi) is 6.56. The average molecular weight is 300 g/mol. The van der Waals surface area contributed by atoms with Crippen LogP contribution in [-0.4, -0.2) is 52.5 Å². The number of carbonyl (C=O) groups is 2. The lowest BCUT2D eigenvalue weighted by molar-refractivity contribution is -0.149. The molecule has 0 aliphatic rings. The second-order valence-electron chi connectivity index (χ2n) is 4.47. The summed E-state index contributed by atoms with van der Waals surface area (Å²) in [6.07, 6.45) is 2.81. The van der Waals surface area contributed by atoms with Crippen LogP contribution in [0.2, 0.25) is 0 Å². The molecule has 0 bridgehead atoms. The summed E-state index contributed by atoms with van der Waals surface area (Å²) in [6.45, 7) is 0.386. The Balaban J connectivity index is 2.64. The van der Waals surface area contributed by atoms with Gasteiger partial charge in [-0.2, -0.15) is 0 Å². The summed E-state index contributed by atoms with van der Waals surface area (Å²) in [7, 11) is 1.46. The molecular formula is C12H20N4O3S. The van der Waals surface area contributed by atoms with Crippen LogP contribution in [0.25, 0.3) is 0 Å². The average Bonchev–Trinajstić information content (AvgIpc) is 2.90. The first-order chi connectivity index (χ1) is 9.47. The van der Waals surface area contributed by atoms with E-state index in [2.05, 4.69) is 4.98 Å². The van der Waals surface area contributed by atoms with E-state index >= 15 is 0 Å². The van der Waals surface area contributed by atoms with E-state index in [1.165, 1.54) is 23.3 Å². The number of carbonyl (C=O) groups excluding carboxylic acids is 1. The normalized spacial score (nSPS) is 13.8. The third-order valence-electron chi connectivity index (χ3n) is 2.98. The topological polar surface area (TPSA) is 123 Å². The summed E-state index contributed by atoms with van der Waals surface area (Å²) in [5, 5.41) is 11.7. The molecule has 1 rings (SSSR count). The number of carboxylic acids is 1. The first-order valence-corrected chi connectivity index (χ1v) is 7.18. The predicted octanol–water partition coefficient (Wildman–Crippen LogP) is -0.337. The van der Waals surface area contributed by atoms with Crippen molar-refractivity contribution in [2.24, 2.45) is 11.5 Å². The smallest absolute Gasteiger partial charge is 0.326 e. The van der Waals surface area contributed by atoms with Crippen LogP contribution >= 0.6 is 11.3 Å². The molecular weight excluding hydrogens is 280 g/mol. The highest BCUT2D eigenvalue weighted by atomic mass is 32.1. The van der Waals surface area contributed by atoms with E-state index in [9.17, 15) is 14.7 Å². The minimum Gasteiger partial charge on any atom is -0.480 e. The monoisotopic (exact) mass is 300 g/mol. The Hall–Kier alpha value is -1.51.